The van der Waals surface area contributed by atoms with E-state index in [4.69, 9.17) is 9.47 Å². The van der Waals surface area contributed by atoms with Crippen molar-refractivity contribution in [3.63, 3.8) is 0 Å². The Balaban J connectivity index is 1.39. The van der Waals surface area contributed by atoms with E-state index in [-0.39, 0.29) is 17.6 Å². The Morgan fingerprint density at radius 3 is 2.45 bits per heavy atom. The highest BCUT2D eigenvalue weighted by atomic mass is 16.5. The molecule has 0 aromatic heterocycles. The Kier molecular flexibility index (Phi) is 5.81. The first kappa shape index (κ1) is 20.0. The molecule has 2 heterocycles. The van der Waals surface area contributed by atoms with Crippen LogP contribution in [0.3, 0.4) is 0 Å². The van der Waals surface area contributed by atoms with Crippen LogP contribution in [0.2, 0.25) is 0 Å². The molecule has 1 saturated heterocycles. The minimum Gasteiger partial charge on any atom is -0.508 e. The minimum absolute atomic E-state index is 0.108. The van der Waals surface area contributed by atoms with E-state index in [1.54, 1.807) is 6.07 Å². The summed E-state index contributed by atoms with van der Waals surface area (Å²) in [4.78, 5) is 2.46. The van der Waals surface area contributed by atoms with Crippen LogP contribution in [-0.2, 0) is 0 Å². The number of fused-ring (bicyclic) bond motifs is 1. The second-order valence-electron chi connectivity index (χ2n) is 8.49. The minimum atomic E-state index is 0.108. The van der Waals surface area contributed by atoms with Gasteiger partial charge >= 0.3 is 0 Å². The zero-order chi connectivity index (χ0) is 21.0. The van der Waals surface area contributed by atoms with Crippen molar-refractivity contribution < 1.29 is 14.6 Å². The molecule has 1 N–H and O–H groups in total. The summed E-state index contributed by atoms with van der Waals surface area (Å²) in [7, 11) is 0. The van der Waals surface area contributed by atoms with Gasteiger partial charge in [-0.1, -0.05) is 42.5 Å². The second-order valence-corrected chi connectivity index (χ2v) is 8.49. The van der Waals surface area contributed by atoms with Gasteiger partial charge in [0.15, 0.2) is 0 Å². The molecular formula is C27H29NO3. The predicted molar refractivity (Wildman–Crippen MR) is 122 cm³/mol. The molecule has 1 fully saturated rings. The van der Waals surface area contributed by atoms with E-state index in [2.05, 4.69) is 53.4 Å². The zero-order valence-corrected chi connectivity index (χ0v) is 17.7. The molecule has 2 aliphatic heterocycles. The molecule has 4 heteroatoms. The first-order chi connectivity index (χ1) is 15.3. The van der Waals surface area contributed by atoms with E-state index < -0.39 is 0 Å². The van der Waals surface area contributed by atoms with Crippen LogP contribution in [0.1, 0.15) is 41.4 Å². The Bertz CT molecular complexity index is 997. The van der Waals surface area contributed by atoms with Crippen LogP contribution in [0.5, 0.6) is 17.2 Å². The first-order valence-corrected chi connectivity index (χ1v) is 11.2. The molecule has 0 amide bonds. The van der Waals surface area contributed by atoms with Gasteiger partial charge in [-0.2, -0.15) is 0 Å². The maximum atomic E-state index is 10.2. The number of nitrogens with zero attached hydrogens (tertiary/aromatic N) is 1. The van der Waals surface area contributed by atoms with Crippen molar-refractivity contribution in [1.29, 1.82) is 0 Å². The van der Waals surface area contributed by atoms with E-state index in [1.165, 1.54) is 37.1 Å². The predicted octanol–water partition coefficient (Wildman–Crippen LogP) is 5.17. The summed E-state index contributed by atoms with van der Waals surface area (Å²) in [5, 5.41) is 10.2. The zero-order valence-electron chi connectivity index (χ0n) is 17.7. The van der Waals surface area contributed by atoms with E-state index >= 15 is 0 Å². The van der Waals surface area contributed by atoms with Crippen LogP contribution in [-0.4, -0.2) is 42.9 Å². The number of ether oxygens (including phenoxy) is 2. The fourth-order valence-corrected chi connectivity index (χ4v) is 4.87. The molecular weight excluding hydrogens is 386 g/mol. The van der Waals surface area contributed by atoms with Gasteiger partial charge in [0.25, 0.3) is 0 Å². The lowest BCUT2D eigenvalue weighted by molar-refractivity contribution is 0.237. The normalized spacial score (nSPS) is 20.8. The van der Waals surface area contributed by atoms with E-state index in [0.717, 1.165) is 30.2 Å². The number of aromatic hydroxyl groups is 1. The van der Waals surface area contributed by atoms with Gasteiger partial charge in [0.2, 0.25) is 0 Å². The van der Waals surface area contributed by atoms with Gasteiger partial charge in [-0.3, -0.25) is 4.90 Å². The number of phenols is 1. The smallest absolute Gasteiger partial charge is 0.123 e. The van der Waals surface area contributed by atoms with Crippen LogP contribution in [0, 0.1) is 0 Å². The molecule has 0 spiro atoms. The maximum absolute atomic E-state index is 10.2. The molecule has 2 aliphatic rings. The van der Waals surface area contributed by atoms with E-state index in [9.17, 15) is 5.11 Å². The van der Waals surface area contributed by atoms with E-state index in [0.29, 0.717) is 6.61 Å². The largest absolute Gasteiger partial charge is 0.508 e. The molecule has 0 aliphatic carbocycles. The fourth-order valence-electron chi connectivity index (χ4n) is 4.87. The van der Waals surface area contributed by atoms with Crippen LogP contribution in [0.25, 0.3) is 0 Å². The van der Waals surface area contributed by atoms with Crippen molar-refractivity contribution in [3.05, 3.63) is 89.5 Å². The molecule has 3 aromatic carbocycles. The number of rotatable bonds is 6. The van der Waals surface area contributed by atoms with Crippen molar-refractivity contribution in [2.75, 3.05) is 32.8 Å². The summed E-state index contributed by atoms with van der Waals surface area (Å²) in [6.07, 6.45) is 2.61. The summed E-state index contributed by atoms with van der Waals surface area (Å²) in [6.45, 7) is 4.71. The lowest BCUT2D eigenvalue weighted by Gasteiger charge is -2.34. The Morgan fingerprint density at radius 1 is 0.903 bits per heavy atom. The average Bonchev–Trinajstić information content (AvgIpc) is 3.33. The molecule has 31 heavy (non-hydrogen) atoms. The molecule has 4 nitrogen and oxygen atoms in total. The summed E-state index contributed by atoms with van der Waals surface area (Å²) >= 11 is 0. The standard InChI is InChI=1S/C27H29NO3/c29-22-10-13-26-24(18-22)27(25(19-31-26)20-6-2-1-3-7-20)21-8-11-23(12-9-21)30-17-16-28-14-4-5-15-28/h1-3,6-13,18,25,27,29H,4-5,14-17,19H2/t25-,27+/m0/s1. The third-order valence-electron chi connectivity index (χ3n) is 6.49. The lowest BCUT2D eigenvalue weighted by Crippen LogP contribution is -2.25. The fraction of sp³-hybridized carbons (Fsp3) is 0.333. The average molecular weight is 416 g/mol. The molecule has 0 bridgehead atoms. The highest BCUT2D eigenvalue weighted by Crippen LogP contribution is 2.47. The van der Waals surface area contributed by atoms with Crippen molar-refractivity contribution in [1.82, 2.24) is 4.90 Å². The van der Waals surface area contributed by atoms with Crippen molar-refractivity contribution >= 4 is 0 Å². The van der Waals surface area contributed by atoms with Crippen LogP contribution >= 0.6 is 0 Å². The van der Waals surface area contributed by atoms with Gasteiger partial charge in [0, 0.05) is 23.9 Å². The third-order valence-corrected chi connectivity index (χ3v) is 6.49. The molecule has 3 aromatic rings. The van der Waals surface area contributed by atoms with Gasteiger partial charge in [-0.05, 0) is 67.4 Å². The first-order valence-electron chi connectivity index (χ1n) is 11.2. The van der Waals surface area contributed by atoms with Crippen molar-refractivity contribution in [2.24, 2.45) is 0 Å². The number of likely N-dealkylation sites (tertiary alicyclic amines) is 1. The molecule has 0 saturated carbocycles. The van der Waals surface area contributed by atoms with E-state index in [1.807, 2.05) is 18.2 Å². The van der Waals surface area contributed by atoms with Gasteiger partial charge < -0.3 is 14.6 Å². The highest BCUT2D eigenvalue weighted by molar-refractivity contribution is 5.51. The van der Waals surface area contributed by atoms with Crippen LogP contribution in [0.15, 0.2) is 72.8 Å². The Labute approximate surface area is 184 Å². The van der Waals surface area contributed by atoms with Crippen LogP contribution in [0.4, 0.5) is 0 Å². The van der Waals surface area contributed by atoms with Gasteiger partial charge in [0.05, 0.1) is 6.61 Å². The monoisotopic (exact) mass is 415 g/mol. The number of benzene rings is 3. The summed E-state index contributed by atoms with van der Waals surface area (Å²) in [6, 6.07) is 24.4. The molecule has 0 radical (unpaired) electrons. The molecule has 5 rings (SSSR count). The summed E-state index contributed by atoms with van der Waals surface area (Å²) in [5.74, 6) is 2.31. The van der Waals surface area contributed by atoms with Gasteiger partial charge in [-0.15, -0.1) is 0 Å². The summed E-state index contributed by atoms with van der Waals surface area (Å²) < 4.78 is 12.1. The summed E-state index contributed by atoms with van der Waals surface area (Å²) in [5.41, 5.74) is 3.48. The number of phenolic OH excluding ortho intramolecular Hbond substituents is 1. The Morgan fingerprint density at radius 2 is 1.68 bits per heavy atom. The van der Waals surface area contributed by atoms with Gasteiger partial charge in [-0.25, -0.2) is 0 Å². The quantitative estimate of drug-likeness (QED) is 0.603. The SMILES string of the molecule is Oc1ccc2c(c1)[C@@H](c1ccc(OCCN3CCCC3)cc1)[C@H](c1ccccc1)CO2. The maximum Gasteiger partial charge on any atom is 0.123 e. The van der Waals surface area contributed by atoms with Gasteiger partial charge in [0.1, 0.15) is 23.9 Å². The third kappa shape index (κ3) is 4.40. The molecule has 160 valence electrons. The topological polar surface area (TPSA) is 41.9 Å². The Hall–Kier alpha value is -2.98. The number of hydrogen-bond donors (Lipinski definition) is 1. The molecule has 2 atom stereocenters. The molecule has 0 unspecified atom stereocenters. The van der Waals surface area contributed by atoms with Crippen molar-refractivity contribution in [3.8, 4) is 17.2 Å². The van der Waals surface area contributed by atoms with Crippen molar-refractivity contribution in [2.45, 2.75) is 24.7 Å². The van der Waals surface area contributed by atoms with Crippen LogP contribution < -0.4 is 9.47 Å². The number of hydrogen-bond acceptors (Lipinski definition) is 4. The second kappa shape index (κ2) is 9.03. The lowest BCUT2D eigenvalue weighted by atomic mass is 9.76. The highest BCUT2D eigenvalue weighted by Gasteiger charge is 2.33.